The Morgan fingerprint density at radius 2 is 2.17 bits per heavy atom. The lowest BCUT2D eigenvalue weighted by Gasteiger charge is -2.16. The molecule has 3 rings (SSSR count). The SMILES string of the molecule is CCCCS(=O)(=O)N1CCC(c2nc3ccncc3n2CC)C1. The number of hydrogen-bond acceptors (Lipinski definition) is 4. The fraction of sp³-hybridized carbons (Fsp3) is 0.625. The van der Waals surface area contributed by atoms with E-state index in [1.54, 1.807) is 10.5 Å². The van der Waals surface area contributed by atoms with E-state index in [0.717, 1.165) is 42.7 Å². The molecule has 0 aromatic carbocycles. The average molecular weight is 336 g/mol. The molecular weight excluding hydrogens is 312 g/mol. The first kappa shape index (κ1) is 16.4. The number of sulfonamides is 1. The van der Waals surface area contributed by atoms with Gasteiger partial charge in [0.1, 0.15) is 5.82 Å². The van der Waals surface area contributed by atoms with Gasteiger partial charge in [-0.1, -0.05) is 13.3 Å². The van der Waals surface area contributed by atoms with Crippen LogP contribution in [-0.2, 0) is 16.6 Å². The number of unbranched alkanes of at least 4 members (excludes halogenated alkanes) is 1. The van der Waals surface area contributed by atoms with E-state index in [9.17, 15) is 8.42 Å². The van der Waals surface area contributed by atoms with Crippen molar-refractivity contribution in [1.29, 1.82) is 0 Å². The van der Waals surface area contributed by atoms with E-state index in [4.69, 9.17) is 4.98 Å². The van der Waals surface area contributed by atoms with Crippen molar-refractivity contribution in [3.8, 4) is 0 Å². The van der Waals surface area contributed by atoms with Crippen molar-refractivity contribution >= 4 is 21.1 Å². The van der Waals surface area contributed by atoms with E-state index in [1.165, 1.54) is 0 Å². The summed E-state index contributed by atoms with van der Waals surface area (Å²) in [6.45, 7) is 6.06. The maximum atomic E-state index is 12.4. The molecule has 7 heteroatoms. The van der Waals surface area contributed by atoms with Gasteiger partial charge in [0.2, 0.25) is 10.0 Å². The van der Waals surface area contributed by atoms with Gasteiger partial charge in [-0.2, -0.15) is 0 Å². The molecule has 2 aromatic heterocycles. The fourth-order valence-corrected chi connectivity index (χ4v) is 4.98. The van der Waals surface area contributed by atoms with Crippen LogP contribution in [0.2, 0.25) is 0 Å². The Balaban J connectivity index is 1.84. The van der Waals surface area contributed by atoms with Crippen LogP contribution in [0.3, 0.4) is 0 Å². The van der Waals surface area contributed by atoms with E-state index < -0.39 is 10.0 Å². The van der Waals surface area contributed by atoms with Gasteiger partial charge in [-0.3, -0.25) is 4.98 Å². The van der Waals surface area contributed by atoms with Crippen molar-refractivity contribution in [1.82, 2.24) is 18.8 Å². The van der Waals surface area contributed by atoms with E-state index in [0.29, 0.717) is 13.1 Å². The Hall–Kier alpha value is -1.47. The van der Waals surface area contributed by atoms with E-state index >= 15 is 0 Å². The topological polar surface area (TPSA) is 68.1 Å². The third-order valence-electron chi connectivity index (χ3n) is 4.56. The average Bonchev–Trinajstić information content (AvgIpc) is 3.17. The summed E-state index contributed by atoms with van der Waals surface area (Å²) in [5.74, 6) is 1.41. The molecule has 1 unspecified atom stereocenters. The van der Waals surface area contributed by atoms with Crippen LogP contribution in [0.25, 0.3) is 11.0 Å². The predicted molar refractivity (Wildman–Crippen MR) is 90.8 cm³/mol. The Labute approximate surface area is 137 Å². The number of pyridine rings is 1. The summed E-state index contributed by atoms with van der Waals surface area (Å²) in [5, 5.41) is 0. The zero-order valence-corrected chi connectivity index (χ0v) is 14.6. The molecule has 0 amide bonds. The van der Waals surface area contributed by atoms with Crippen molar-refractivity contribution in [3.05, 3.63) is 24.3 Å². The summed E-state index contributed by atoms with van der Waals surface area (Å²) < 4.78 is 28.6. The minimum Gasteiger partial charge on any atom is -0.327 e. The van der Waals surface area contributed by atoms with Crippen LogP contribution in [0.15, 0.2) is 18.5 Å². The highest BCUT2D eigenvalue weighted by atomic mass is 32.2. The van der Waals surface area contributed by atoms with Crippen LogP contribution in [0.4, 0.5) is 0 Å². The second kappa shape index (κ2) is 6.57. The molecule has 126 valence electrons. The van der Waals surface area contributed by atoms with Gasteiger partial charge in [-0.15, -0.1) is 0 Å². The first-order valence-corrected chi connectivity index (χ1v) is 9.95. The predicted octanol–water partition coefficient (Wildman–Crippen LogP) is 2.37. The van der Waals surface area contributed by atoms with Gasteiger partial charge in [0.25, 0.3) is 0 Å². The van der Waals surface area contributed by atoms with Crippen LogP contribution in [0.5, 0.6) is 0 Å². The van der Waals surface area contributed by atoms with Crippen LogP contribution in [0.1, 0.15) is 44.9 Å². The Morgan fingerprint density at radius 3 is 2.91 bits per heavy atom. The second-order valence-electron chi connectivity index (χ2n) is 6.09. The number of imidazole rings is 1. The van der Waals surface area contributed by atoms with Gasteiger partial charge >= 0.3 is 0 Å². The molecule has 0 aliphatic carbocycles. The summed E-state index contributed by atoms with van der Waals surface area (Å²) in [6, 6.07) is 1.91. The number of aromatic nitrogens is 3. The molecule has 3 heterocycles. The third-order valence-corrected chi connectivity index (χ3v) is 6.48. The van der Waals surface area contributed by atoms with Gasteiger partial charge in [0.05, 0.1) is 23.0 Å². The quantitative estimate of drug-likeness (QED) is 0.812. The van der Waals surface area contributed by atoms with Crippen molar-refractivity contribution in [2.75, 3.05) is 18.8 Å². The molecule has 0 radical (unpaired) electrons. The molecule has 0 saturated carbocycles. The van der Waals surface area contributed by atoms with Crippen LogP contribution in [0, 0.1) is 0 Å². The molecule has 0 N–H and O–H groups in total. The Morgan fingerprint density at radius 1 is 1.35 bits per heavy atom. The normalized spacial score (nSPS) is 19.7. The summed E-state index contributed by atoms with van der Waals surface area (Å²) in [5.41, 5.74) is 1.96. The molecule has 0 spiro atoms. The lowest BCUT2D eigenvalue weighted by molar-refractivity contribution is 0.467. The van der Waals surface area contributed by atoms with Crippen LogP contribution >= 0.6 is 0 Å². The zero-order valence-electron chi connectivity index (χ0n) is 13.8. The molecule has 2 aromatic rings. The minimum absolute atomic E-state index is 0.166. The fourth-order valence-electron chi connectivity index (χ4n) is 3.28. The van der Waals surface area contributed by atoms with E-state index in [1.807, 2.05) is 19.2 Å². The van der Waals surface area contributed by atoms with Crippen molar-refractivity contribution in [3.63, 3.8) is 0 Å². The molecule has 1 fully saturated rings. The molecule has 23 heavy (non-hydrogen) atoms. The standard InChI is InChI=1S/C16H24N4O2S/c1-3-5-10-23(21,22)19-9-7-13(12-19)16-18-14-6-8-17-11-15(14)20(16)4-2/h6,8,11,13H,3-5,7,9-10,12H2,1-2H3. The van der Waals surface area contributed by atoms with Crippen molar-refractivity contribution in [2.45, 2.75) is 45.6 Å². The highest BCUT2D eigenvalue weighted by Gasteiger charge is 2.34. The lowest BCUT2D eigenvalue weighted by atomic mass is 10.1. The lowest BCUT2D eigenvalue weighted by Crippen LogP contribution is -2.31. The van der Waals surface area contributed by atoms with E-state index in [-0.39, 0.29) is 11.7 Å². The highest BCUT2D eigenvalue weighted by molar-refractivity contribution is 7.89. The van der Waals surface area contributed by atoms with Gasteiger partial charge in [-0.25, -0.2) is 17.7 Å². The molecule has 6 nitrogen and oxygen atoms in total. The number of hydrogen-bond donors (Lipinski definition) is 0. The summed E-state index contributed by atoms with van der Waals surface area (Å²) in [6.07, 6.45) is 6.04. The maximum absolute atomic E-state index is 12.4. The van der Waals surface area contributed by atoms with Gasteiger partial charge in [0, 0.05) is 31.7 Å². The van der Waals surface area contributed by atoms with E-state index in [2.05, 4.69) is 16.5 Å². The summed E-state index contributed by atoms with van der Waals surface area (Å²) in [4.78, 5) is 8.93. The Kier molecular flexibility index (Phi) is 4.68. The Bertz CT molecular complexity index is 784. The summed E-state index contributed by atoms with van der Waals surface area (Å²) in [7, 11) is -3.13. The first-order valence-electron chi connectivity index (χ1n) is 8.34. The van der Waals surface area contributed by atoms with Crippen LogP contribution < -0.4 is 0 Å². The monoisotopic (exact) mass is 336 g/mol. The van der Waals surface area contributed by atoms with Gasteiger partial charge < -0.3 is 4.57 Å². The minimum atomic E-state index is -3.13. The summed E-state index contributed by atoms with van der Waals surface area (Å²) >= 11 is 0. The molecule has 1 saturated heterocycles. The highest BCUT2D eigenvalue weighted by Crippen LogP contribution is 2.30. The molecule has 1 atom stereocenters. The molecular formula is C16H24N4O2S. The molecule has 1 aliphatic rings. The van der Waals surface area contributed by atoms with Crippen LogP contribution in [-0.4, -0.2) is 46.1 Å². The molecule has 1 aliphatic heterocycles. The number of rotatable bonds is 6. The van der Waals surface area contributed by atoms with Crippen molar-refractivity contribution in [2.24, 2.45) is 0 Å². The maximum Gasteiger partial charge on any atom is 0.214 e. The second-order valence-corrected chi connectivity index (χ2v) is 8.18. The number of aryl methyl sites for hydroxylation is 1. The number of fused-ring (bicyclic) bond motifs is 1. The zero-order chi connectivity index (χ0) is 16.4. The molecule has 0 bridgehead atoms. The first-order chi connectivity index (χ1) is 11.1. The smallest absolute Gasteiger partial charge is 0.214 e. The van der Waals surface area contributed by atoms with Crippen molar-refractivity contribution < 1.29 is 8.42 Å². The van der Waals surface area contributed by atoms with Gasteiger partial charge in [-0.05, 0) is 25.8 Å². The largest absolute Gasteiger partial charge is 0.327 e. The number of nitrogens with zero attached hydrogens (tertiary/aromatic N) is 4. The van der Waals surface area contributed by atoms with Gasteiger partial charge in [0.15, 0.2) is 0 Å². The third kappa shape index (κ3) is 3.12.